The molecule has 2 aliphatic heterocycles. The number of unbranched alkanes of at least 4 members (excludes halogenated alkanes) is 1. The highest BCUT2D eigenvalue weighted by Gasteiger charge is 2.24. The molecular weight excluding hydrogens is 386 g/mol. The van der Waals surface area contributed by atoms with Gasteiger partial charge in [-0.1, -0.05) is 18.2 Å². The topological polar surface area (TPSA) is 36.0 Å². The van der Waals surface area contributed by atoms with Crippen molar-refractivity contribution in [1.82, 2.24) is 9.80 Å². The van der Waals surface area contributed by atoms with Crippen LogP contribution in [-0.2, 0) is 0 Å². The number of nitrogens with zero attached hydrogens (tertiary/aromatic N) is 3. The number of carbonyl (C=O) groups is 1. The molecule has 2 aromatic carbocycles. The minimum atomic E-state index is 0.0352. The first-order valence-electron chi connectivity index (χ1n) is 11.3. The van der Waals surface area contributed by atoms with Crippen LogP contribution in [0.4, 0.5) is 5.69 Å². The van der Waals surface area contributed by atoms with Crippen molar-refractivity contribution in [3.63, 3.8) is 0 Å². The smallest absolute Gasteiger partial charge is 0.261 e. The molecule has 0 spiro atoms. The van der Waals surface area contributed by atoms with Gasteiger partial charge in [-0.2, -0.15) is 0 Å². The van der Waals surface area contributed by atoms with Gasteiger partial charge in [-0.25, -0.2) is 0 Å². The second-order valence-electron chi connectivity index (χ2n) is 8.71. The summed E-state index contributed by atoms with van der Waals surface area (Å²) in [5.41, 5.74) is 5.25. The zero-order valence-electron chi connectivity index (χ0n) is 18.9. The number of amides is 1. The molecule has 1 amide bonds. The van der Waals surface area contributed by atoms with Crippen molar-refractivity contribution in [1.29, 1.82) is 0 Å². The lowest BCUT2D eigenvalue weighted by molar-refractivity contribution is 0.0804. The van der Waals surface area contributed by atoms with Gasteiger partial charge in [0.1, 0.15) is 12.0 Å². The number of carbonyl (C=O) groups excluding carboxylic acids is 1. The Balaban J connectivity index is 1.24. The van der Waals surface area contributed by atoms with Crippen LogP contribution in [-0.4, -0.2) is 55.0 Å². The van der Waals surface area contributed by atoms with Gasteiger partial charge in [0.15, 0.2) is 0 Å². The lowest BCUT2D eigenvalue weighted by atomic mass is 10.1. The van der Waals surface area contributed by atoms with Crippen molar-refractivity contribution in [2.45, 2.75) is 33.6 Å². The molecular formula is C26H33N3O2. The lowest BCUT2D eigenvalue weighted by Crippen LogP contribution is -2.46. The van der Waals surface area contributed by atoms with Crippen LogP contribution in [0.3, 0.4) is 0 Å². The van der Waals surface area contributed by atoms with Crippen molar-refractivity contribution in [2.75, 3.05) is 44.2 Å². The zero-order valence-corrected chi connectivity index (χ0v) is 18.9. The molecule has 5 heteroatoms. The van der Waals surface area contributed by atoms with E-state index in [4.69, 9.17) is 4.74 Å². The fraction of sp³-hybridized carbons (Fsp3) is 0.423. The number of benzene rings is 2. The van der Waals surface area contributed by atoms with Crippen LogP contribution in [0.5, 0.6) is 5.75 Å². The number of allylic oxidation sites excluding steroid dienone is 1. The summed E-state index contributed by atoms with van der Waals surface area (Å²) in [5.74, 6) is 0.686. The Kier molecular flexibility index (Phi) is 6.62. The van der Waals surface area contributed by atoms with Crippen LogP contribution in [0.15, 0.2) is 54.4 Å². The van der Waals surface area contributed by atoms with E-state index in [-0.39, 0.29) is 5.91 Å². The molecule has 2 heterocycles. The van der Waals surface area contributed by atoms with Crippen molar-refractivity contribution < 1.29 is 9.53 Å². The quantitative estimate of drug-likeness (QED) is 0.641. The summed E-state index contributed by atoms with van der Waals surface area (Å²) in [6.07, 6.45) is 3.77. The molecule has 5 nitrogen and oxygen atoms in total. The Morgan fingerprint density at radius 1 is 0.871 bits per heavy atom. The van der Waals surface area contributed by atoms with E-state index < -0.39 is 0 Å². The summed E-state index contributed by atoms with van der Waals surface area (Å²) >= 11 is 0. The Hall–Kier alpha value is -2.79. The predicted molar refractivity (Wildman–Crippen MR) is 126 cm³/mol. The summed E-state index contributed by atoms with van der Waals surface area (Å²) in [6, 6.07) is 14.5. The minimum Gasteiger partial charge on any atom is -0.462 e. The van der Waals surface area contributed by atoms with Gasteiger partial charge in [-0.05, 0) is 75.5 Å². The Morgan fingerprint density at radius 3 is 2.39 bits per heavy atom. The fourth-order valence-corrected chi connectivity index (χ4v) is 4.36. The third kappa shape index (κ3) is 5.10. The number of anilines is 1. The molecule has 0 N–H and O–H groups in total. The highest BCUT2D eigenvalue weighted by molar-refractivity contribution is 5.98. The van der Waals surface area contributed by atoms with Gasteiger partial charge in [0.25, 0.3) is 5.91 Å². The Labute approximate surface area is 185 Å². The maximum absolute atomic E-state index is 13.0. The zero-order chi connectivity index (χ0) is 21.8. The Bertz CT molecular complexity index is 961. The normalized spacial score (nSPS) is 17.1. The van der Waals surface area contributed by atoms with Gasteiger partial charge in [-0.3, -0.25) is 9.69 Å². The summed E-state index contributed by atoms with van der Waals surface area (Å²) in [5, 5.41) is 0. The molecule has 2 aliphatic rings. The number of fused-ring (bicyclic) bond motifs is 1. The van der Waals surface area contributed by atoms with E-state index >= 15 is 0 Å². The van der Waals surface area contributed by atoms with Gasteiger partial charge in [0, 0.05) is 38.4 Å². The number of piperazine rings is 1. The van der Waals surface area contributed by atoms with E-state index in [0.29, 0.717) is 11.3 Å². The third-order valence-corrected chi connectivity index (χ3v) is 6.24. The number of rotatable bonds is 6. The van der Waals surface area contributed by atoms with Gasteiger partial charge >= 0.3 is 0 Å². The van der Waals surface area contributed by atoms with E-state index in [9.17, 15) is 4.79 Å². The molecule has 1 fully saturated rings. The standard InChI is InChI=1S/C26H33N3O2/c1-20-7-6-8-23(17-20)28-15-13-27(14-16-28)11-4-5-12-29-22(3)19-31-25-18-21(2)9-10-24(25)26(29)30/h6-10,17-19H,4-5,11-16H2,1-3H3. The molecule has 0 saturated carbocycles. The first-order chi connectivity index (χ1) is 15.0. The van der Waals surface area contributed by atoms with Crippen molar-refractivity contribution in [3.8, 4) is 5.75 Å². The molecule has 0 aromatic heterocycles. The first kappa shape index (κ1) is 21.4. The number of ether oxygens (including phenoxy) is 1. The van der Waals surface area contributed by atoms with Crippen molar-refractivity contribution >= 4 is 11.6 Å². The van der Waals surface area contributed by atoms with Crippen LogP contribution >= 0.6 is 0 Å². The van der Waals surface area contributed by atoms with Gasteiger partial charge in [-0.15, -0.1) is 0 Å². The first-order valence-corrected chi connectivity index (χ1v) is 11.3. The van der Waals surface area contributed by atoms with Crippen LogP contribution in [0.1, 0.15) is 41.3 Å². The molecule has 0 bridgehead atoms. The van der Waals surface area contributed by atoms with Crippen molar-refractivity contribution in [3.05, 3.63) is 71.1 Å². The van der Waals surface area contributed by atoms with Crippen LogP contribution in [0.2, 0.25) is 0 Å². The molecule has 2 aromatic rings. The minimum absolute atomic E-state index is 0.0352. The van der Waals surface area contributed by atoms with E-state index in [2.05, 4.69) is 41.0 Å². The second-order valence-corrected chi connectivity index (χ2v) is 8.71. The molecule has 0 radical (unpaired) electrons. The maximum Gasteiger partial charge on any atom is 0.261 e. The van der Waals surface area contributed by atoms with Gasteiger partial charge in [0.2, 0.25) is 0 Å². The van der Waals surface area contributed by atoms with Crippen LogP contribution in [0.25, 0.3) is 0 Å². The lowest BCUT2D eigenvalue weighted by Gasteiger charge is -2.36. The molecule has 4 rings (SSSR count). The molecule has 31 heavy (non-hydrogen) atoms. The second kappa shape index (κ2) is 9.56. The predicted octanol–water partition coefficient (Wildman–Crippen LogP) is 4.60. The molecule has 0 atom stereocenters. The summed E-state index contributed by atoms with van der Waals surface area (Å²) < 4.78 is 5.76. The van der Waals surface area contributed by atoms with E-state index in [1.54, 1.807) is 6.26 Å². The Morgan fingerprint density at radius 2 is 1.61 bits per heavy atom. The number of hydrogen-bond acceptors (Lipinski definition) is 4. The SMILES string of the molecule is CC1=COc2cc(C)ccc2C(=O)N1CCCCN1CCN(c2cccc(C)c2)CC1. The third-order valence-electron chi connectivity index (χ3n) is 6.24. The molecule has 164 valence electrons. The number of aryl methyl sites for hydroxylation is 2. The van der Waals surface area contributed by atoms with Gasteiger partial charge < -0.3 is 14.5 Å². The largest absolute Gasteiger partial charge is 0.462 e. The van der Waals surface area contributed by atoms with Crippen LogP contribution < -0.4 is 9.64 Å². The fourth-order valence-electron chi connectivity index (χ4n) is 4.36. The molecule has 1 saturated heterocycles. The van der Waals surface area contributed by atoms with Crippen LogP contribution in [0, 0.1) is 13.8 Å². The maximum atomic E-state index is 13.0. The highest BCUT2D eigenvalue weighted by Crippen LogP contribution is 2.27. The van der Waals surface area contributed by atoms with E-state index in [1.165, 1.54) is 11.3 Å². The number of hydrogen-bond donors (Lipinski definition) is 0. The summed E-state index contributed by atoms with van der Waals surface area (Å²) in [4.78, 5) is 19.9. The highest BCUT2D eigenvalue weighted by atomic mass is 16.5. The van der Waals surface area contributed by atoms with E-state index in [1.807, 2.05) is 36.9 Å². The molecule has 0 unspecified atom stereocenters. The monoisotopic (exact) mass is 419 g/mol. The van der Waals surface area contributed by atoms with E-state index in [0.717, 1.165) is 63.4 Å². The average molecular weight is 420 g/mol. The van der Waals surface area contributed by atoms with Gasteiger partial charge in [0.05, 0.1) is 11.3 Å². The summed E-state index contributed by atoms with van der Waals surface area (Å²) in [6.45, 7) is 12.2. The van der Waals surface area contributed by atoms with Crippen molar-refractivity contribution in [2.24, 2.45) is 0 Å². The summed E-state index contributed by atoms with van der Waals surface area (Å²) in [7, 11) is 0. The average Bonchev–Trinajstić information content (AvgIpc) is 2.88. The molecule has 0 aliphatic carbocycles.